The van der Waals surface area contributed by atoms with Crippen LogP contribution in [0.1, 0.15) is 34.6 Å². The fourth-order valence-electron chi connectivity index (χ4n) is 2.28. The van der Waals surface area contributed by atoms with E-state index in [4.69, 9.17) is 39.5 Å². The molecular formula is C17H17Cl3O. The number of hydrogen-bond donors (Lipinski definition) is 0. The molecule has 0 saturated carbocycles. The molecule has 0 bridgehead atoms. The van der Waals surface area contributed by atoms with Gasteiger partial charge in [-0.25, -0.2) is 0 Å². The van der Waals surface area contributed by atoms with Crippen molar-refractivity contribution >= 4 is 34.8 Å². The zero-order chi connectivity index (χ0) is 15.6. The second-order valence-electron chi connectivity index (χ2n) is 4.96. The van der Waals surface area contributed by atoms with Gasteiger partial charge in [0.2, 0.25) is 0 Å². The Morgan fingerprint density at radius 3 is 2.33 bits per heavy atom. The van der Waals surface area contributed by atoms with Gasteiger partial charge in [-0.1, -0.05) is 47.0 Å². The monoisotopic (exact) mass is 342 g/mol. The predicted molar refractivity (Wildman–Crippen MR) is 91.2 cm³/mol. The van der Waals surface area contributed by atoms with E-state index in [1.807, 2.05) is 26.0 Å². The molecule has 0 aliphatic heterocycles. The molecule has 0 spiro atoms. The van der Waals surface area contributed by atoms with Crippen LogP contribution in [-0.2, 0) is 0 Å². The van der Waals surface area contributed by atoms with E-state index in [-0.39, 0.29) is 5.38 Å². The second kappa shape index (κ2) is 6.91. The van der Waals surface area contributed by atoms with Crippen molar-refractivity contribution in [2.24, 2.45) is 0 Å². The topological polar surface area (TPSA) is 9.23 Å². The van der Waals surface area contributed by atoms with Gasteiger partial charge in [0.15, 0.2) is 0 Å². The SMILES string of the molecule is CCOc1cc(Cl)c(C(Cl)c2ccc(C)cc2C)cc1Cl. The van der Waals surface area contributed by atoms with Crippen molar-refractivity contribution < 1.29 is 4.74 Å². The number of rotatable bonds is 4. The Kier molecular flexibility index (Phi) is 5.43. The highest BCUT2D eigenvalue weighted by Gasteiger charge is 2.18. The van der Waals surface area contributed by atoms with Crippen LogP contribution in [0, 0.1) is 13.8 Å². The Morgan fingerprint density at radius 2 is 1.71 bits per heavy atom. The minimum Gasteiger partial charge on any atom is -0.492 e. The van der Waals surface area contributed by atoms with Crippen LogP contribution in [-0.4, -0.2) is 6.61 Å². The normalized spacial score (nSPS) is 12.3. The first kappa shape index (κ1) is 16.5. The van der Waals surface area contributed by atoms with Crippen molar-refractivity contribution in [3.63, 3.8) is 0 Å². The highest BCUT2D eigenvalue weighted by Crippen LogP contribution is 2.40. The fourth-order valence-corrected chi connectivity index (χ4v) is 3.25. The third kappa shape index (κ3) is 3.66. The molecule has 0 amide bonds. The van der Waals surface area contributed by atoms with E-state index in [2.05, 4.69) is 13.0 Å². The lowest BCUT2D eigenvalue weighted by Gasteiger charge is -2.17. The van der Waals surface area contributed by atoms with E-state index in [0.29, 0.717) is 22.4 Å². The molecule has 1 atom stereocenters. The lowest BCUT2D eigenvalue weighted by molar-refractivity contribution is 0.340. The molecule has 2 aromatic rings. The molecule has 1 unspecified atom stereocenters. The number of hydrogen-bond acceptors (Lipinski definition) is 1. The lowest BCUT2D eigenvalue weighted by Crippen LogP contribution is -2.00. The highest BCUT2D eigenvalue weighted by molar-refractivity contribution is 6.36. The van der Waals surface area contributed by atoms with Crippen LogP contribution in [0.25, 0.3) is 0 Å². The zero-order valence-corrected chi connectivity index (χ0v) is 14.5. The Morgan fingerprint density at radius 1 is 1.00 bits per heavy atom. The Balaban J connectivity index is 2.43. The van der Waals surface area contributed by atoms with Crippen molar-refractivity contribution in [1.29, 1.82) is 0 Å². The Labute approximate surface area is 140 Å². The van der Waals surface area contributed by atoms with E-state index < -0.39 is 0 Å². The van der Waals surface area contributed by atoms with Gasteiger partial charge < -0.3 is 4.74 Å². The summed E-state index contributed by atoms with van der Waals surface area (Å²) in [6.07, 6.45) is 0. The molecule has 0 aliphatic rings. The number of alkyl halides is 1. The van der Waals surface area contributed by atoms with Crippen LogP contribution in [0.5, 0.6) is 5.75 Å². The molecule has 0 fully saturated rings. The quantitative estimate of drug-likeness (QED) is 0.589. The third-order valence-electron chi connectivity index (χ3n) is 3.32. The Bertz CT molecular complexity index is 653. The average molecular weight is 344 g/mol. The number of halogens is 3. The van der Waals surface area contributed by atoms with E-state index in [0.717, 1.165) is 16.7 Å². The lowest BCUT2D eigenvalue weighted by atomic mass is 9.98. The molecule has 0 N–H and O–H groups in total. The maximum atomic E-state index is 6.61. The molecule has 112 valence electrons. The van der Waals surface area contributed by atoms with Gasteiger partial charge >= 0.3 is 0 Å². The largest absolute Gasteiger partial charge is 0.492 e. The number of aryl methyl sites for hydroxylation is 2. The molecule has 0 radical (unpaired) electrons. The first-order chi connectivity index (χ1) is 9.93. The van der Waals surface area contributed by atoms with Gasteiger partial charge in [0, 0.05) is 11.1 Å². The Hall–Kier alpha value is -0.890. The predicted octanol–water partition coefficient (Wildman–Crippen LogP) is 6.34. The summed E-state index contributed by atoms with van der Waals surface area (Å²) in [5.74, 6) is 0.581. The van der Waals surface area contributed by atoms with Gasteiger partial charge in [-0.15, -0.1) is 11.6 Å². The minimum atomic E-state index is -0.341. The molecule has 0 aliphatic carbocycles. The summed E-state index contributed by atoms with van der Waals surface area (Å²) in [7, 11) is 0. The van der Waals surface area contributed by atoms with Gasteiger partial charge in [0.25, 0.3) is 0 Å². The van der Waals surface area contributed by atoms with Gasteiger partial charge in [-0.2, -0.15) is 0 Å². The van der Waals surface area contributed by atoms with Crippen LogP contribution in [0.2, 0.25) is 10.0 Å². The summed E-state index contributed by atoms with van der Waals surface area (Å²) in [5.41, 5.74) is 4.16. The van der Waals surface area contributed by atoms with Crippen LogP contribution in [0.15, 0.2) is 30.3 Å². The molecule has 0 heterocycles. The van der Waals surface area contributed by atoms with Crippen LogP contribution < -0.4 is 4.74 Å². The third-order valence-corrected chi connectivity index (χ3v) is 4.42. The molecule has 4 heteroatoms. The summed E-state index contributed by atoms with van der Waals surface area (Å²) in [6.45, 7) is 6.54. The second-order valence-corrected chi connectivity index (χ2v) is 6.21. The molecule has 2 rings (SSSR count). The molecule has 1 nitrogen and oxygen atoms in total. The average Bonchev–Trinajstić information content (AvgIpc) is 2.42. The van der Waals surface area contributed by atoms with E-state index >= 15 is 0 Å². The molecule has 21 heavy (non-hydrogen) atoms. The van der Waals surface area contributed by atoms with E-state index in [9.17, 15) is 0 Å². The molecule has 0 aromatic heterocycles. The standard InChI is InChI=1S/C17H17Cl3O/c1-4-21-16-9-14(18)13(8-15(16)19)17(20)12-6-5-10(2)7-11(12)3/h5-9,17H,4H2,1-3H3. The maximum Gasteiger partial charge on any atom is 0.139 e. The summed E-state index contributed by atoms with van der Waals surface area (Å²) in [5, 5.41) is 0.737. The highest BCUT2D eigenvalue weighted by atomic mass is 35.5. The smallest absolute Gasteiger partial charge is 0.139 e. The van der Waals surface area contributed by atoms with Crippen LogP contribution in [0.3, 0.4) is 0 Å². The van der Waals surface area contributed by atoms with Crippen LogP contribution in [0.4, 0.5) is 0 Å². The van der Waals surface area contributed by atoms with Gasteiger partial charge in [0.05, 0.1) is 17.0 Å². The first-order valence-corrected chi connectivity index (χ1v) is 7.96. The maximum absolute atomic E-state index is 6.61. The zero-order valence-electron chi connectivity index (χ0n) is 12.2. The van der Waals surface area contributed by atoms with Gasteiger partial charge in [-0.05, 0) is 43.5 Å². The fraction of sp³-hybridized carbons (Fsp3) is 0.294. The van der Waals surface area contributed by atoms with Gasteiger partial charge in [0.1, 0.15) is 5.75 Å². The number of benzene rings is 2. The number of ether oxygens (including phenoxy) is 1. The summed E-state index contributed by atoms with van der Waals surface area (Å²) < 4.78 is 5.44. The van der Waals surface area contributed by atoms with Crippen molar-refractivity contribution in [3.8, 4) is 5.75 Å². The first-order valence-electron chi connectivity index (χ1n) is 6.77. The van der Waals surface area contributed by atoms with Crippen molar-refractivity contribution in [2.45, 2.75) is 26.1 Å². The summed E-state index contributed by atoms with van der Waals surface area (Å²) in [4.78, 5) is 0. The van der Waals surface area contributed by atoms with Crippen LogP contribution >= 0.6 is 34.8 Å². The molecule has 2 aromatic carbocycles. The molecule has 0 saturated heterocycles. The van der Waals surface area contributed by atoms with E-state index in [1.54, 1.807) is 12.1 Å². The van der Waals surface area contributed by atoms with Crippen molar-refractivity contribution in [3.05, 3.63) is 62.6 Å². The van der Waals surface area contributed by atoms with Gasteiger partial charge in [-0.3, -0.25) is 0 Å². The van der Waals surface area contributed by atoms with E-state index in [1.165, 1.54) is 5.56 Å². The summed E-state index contributed by atoms with van der Waals surface area (Å²) in [6, 6.07) is 9.69. The van der Waals surface area contributed by atoms with Crippen molar-refractivity contribution in [2.75, 3.05) is 6.61 Å². The molecular weight excluding hydrogens is 327 g/mol. The minimum absolute atomic E-state index is 0.341. The van der Waals surface area contributed by atoms with Crippen molar-refractivity contribution in [1.82, 2.24) is 0 Å². The summed E-state index contributed by atoms with van der Waals surface area (Å²) >= 11 is 19.2.